The van der Waals surface area contributed by atoms with Crippen LogP contribution in [0.2, 0.25) is 0 Å². The average molecular weight is 170 g/mol. The van der Waals surface area contributed by atoms with Gasteiger partial charge in [0.05, 0.1) is 5.60 Å². The van der Waals surface area contributed by atoms with E-state index in [0.29, 0.717) is 12.1 Å². The number of aliphatic hydroxyl groups is 1. The third kappa shape index (κ3) is 1.26. The summed E-state index contributed by atoms with van der Waals surface area (Å²) in [6.07, 6.45) is 3.24. The maximum atomic E-state index is 9.99. The topological polar surface area (TPSA) is 49.5 Å². The third-order valence-electron chi connectivity index (χ3n) is 3.26. The monoisotopic (exact) mass is 170 g/mol. The van der Waals surface area contributed by atoms with Crippen LogP contribution in [0.25, 0.3) is 0 Å². The molecule has 1 heterocycles. The van der Waals surface area contributed by atoms with Gasteiger partial charge in [0, 0.05) is 25.2 Å². The Kier molecular flexibility index (Phi) is 1.90. The Morgan fingerprint density at radius 3 is 2.58 bits per heavy atom. The van der Waals surface area contributed by atoms with Crippen molar-refractivity contribution in [2.24, 2.45) is 5.73 Å². The van der Waals surface area contributed by atoms with Crippen LogP contribution >= 0.6 is 0 Å². The molecule has 1 aliphatic heterocycles. The molecule has 1 saturated carbocycles. The number of likely N-dealkylation sites (tertiary alicyclic amines) is 1. The summed E-state index contributed by atoms with van der Waals surface area (Å²) in [5, 5.41) is 9.99. The number of nitrogens with zero attached hydrogens (tertiary/aromatic N) is 1. The molecule has 0 amide bonds. The van der Waals surface area contributed by atoms with Crippen LogP contribution in [0.1, 0.15) is 26.2 Å². The molecule has 1 aliphatic carbocycles. The van der Waals surface area contributed by atoms with Gasteiger partial charge >= 0.3 is 0 Å². The predicted molar refractivity (Wildman–Crippen MR) is 47.8 cm³/mol. The second-order valence-corrected chi connectivity index (χ2v) is 4.48. The summed E-state index contributed by atoms with van der Waals surface area (Å²) in [5.41, 5.74) is 5.24. The van der Waals surface area contributed by atoms with E-state index < -0.39 is 5.60 Å². The highest BCUT2D eigenvalue weighted by Crippen LogP contribution is 2.35. The molecule has 0 spiro atoms. The summed E-state index contributed by atoms with van der Waals surface area (Å²) < 4.78 is 0. The van der Waals surface area contributed by atoms with Gasteiger partial charge in [-0.3, -0.25) is 4.90 Å². The molecule has 12 heavy (non-hydrogen) atoms. The minimum Gasteiger partial charge on any atom is -0.389 e. The molecule has 1 saturated heterocycles. The van der Waals surface area contributed by atoms with Crippen LogP contribution in [0.5, 0.6) is 0 Å². The molecular weight excluding hydrogens is 152 g/mol. The van der Waals surface area contributed by atoms with Crippen LogP contribution in [0.4, 0.5) is 0 Å². The van der Waals surface area contributed by atoms with Gasteiger partial charge in [0.1, 0.15) is 0 Å². The number of hydrogen-bond donors (Lipinski definition) is 2. The van der Waals surface area contributed by atoms with E-state index in [9.17, 15) is 5.11 Å². The third-order valence-corrected chi connectivity index (χ3v) is 3.26. The Morgan fingerprint density at radius 1 is 1.50 bits per heavy atom. The Bertz CT molecular complexity index is 175. The van der Waals surface area contributed by atoms with Crippen molar-refractivity contribution in [1.29, 1.82) is 0 Å². The predicted octanol–water partition coefficient (Wildman–Crippen LogP) is -0.0672. The molecule has 0 radical (unpaired) electrons. The van der Waals surface area contributed by atoms with Gasteiger partial charge in [-0.05, 0) is 26.2 Å². The smallest absolute Gasteiger partial charge is 0.0774 e. The number of rotatable bonds is 1. The summed E-state index contributed by atoms with van der Waals surface area (Å²) in [4.78, 5) is 2.32. The van der Waals surface area contributed by atoms with Crippen LogP contribution in [0, 0.1) is 0 Å². The van der Waals surface area contributed by atoms with Crippen molar-refractivity contribution in [1.82, 2.24) is 4.90 Å². The lowest BCUT2D eigenvalue weighted by Gasteiger charge is -2.45. The van der Waals surface area contributed by atoms with E-state index in [1.807, 2.05) is 6.92 Å². The number of nitrogens with two attached hydrogens (primary N) is 1. The van der Waals surface area contributed by atoms with Crippen molar-refractivity contribution in [3.05, 3.63) is 0 Å². The van der Waals surface area contributed by atoms with E-state index in [1.165, 1.54) is 0 Å². The highest BCUT2D eigenvalue weighted by Gasteiger charge is 2.43. The first-order chi connectivity index (χ1) is 5.59. The van der Waals surface area contributed by atoms with Gasteiger partial charge in [-0.15, -0.1) is 0 Å². The lowest BCUT2D eigenvalue weighted by molar-refractivity contribution is -0.0409. The van der Waals surface area contributed by atoms with E-state index in [1.54, 1.807) is 0 Å². The van der Waals surface area contributed by atoms with Gasteiger partial charge in [0.15, 0.2) is 0 Å². The maximum Gasteiger partial charge on any atom is 0.0774 e. The Labute approximate surface area is 73.5 Å². The fraction of sp³-hybridized carbons (Fsp3) is 1.00. The fourth-order valence-electron chi connectivity index (χ4n) is 2.51. The van der Waals surface area contributed by atoms with Crippen molar-refractivity contribution >= 4 is 0 Å². The molecule has 2 aliphatic rings. The summed E-state index contributed by atoms with van der Waals surface area (Å²) >= 11 is 0. The molecule has 3 N–H and O–H groups in total. The molecule has 0 aromatic rings. The molecule has 0 aromatic carbocycles. The molecule has 2 unspecified atom stereocenters. The second-order valence-electron chi connectivity index (χ2n) is 4.48. The van der Waals surface area contributed by atoms with Gasteiger partial charge in [0.25, 0.3) is 0 Å². The Hall–Kier alpha value is -0.120. The highest BCUT2D eigenvalue weighted by molar-refractivity contribution is 5.00. The highest BCUT2D eigenvalue weighted by atomic mass is 16.3. The lowest BCUT2D eigenvalue weighted by Crippen LogP contribution is -2.63. The zero-order chi connectivity index (χ0) is 8.77. The van der Waals surface area contributed by atoms with E-state index >= 15 is 0 Å². The standard InChI is InChI=1S/C9H18N2O/c1-9(12)4-2-3-8(9)11-5-7(10)6-11/h7-8,12H,2-6,10H2,1H3. The van der Waals surface area contributed by atoms with Crippen molar-refractivity contribution in [3.8, 4) is 0 Å². The van der Waals surface area contributed by atoms with Crippen molar-refractivity contribution < 1.29 is 5.11 Å². The average Bonchev–Trinajstić information content (AvgIpc) is 2.23. The molecule has 0 aromatic heterocycles. The van der Waals surface area contributed by atoms with E-state index in [2.05, 4.69) is 4.90 Å². The molecule has 3 heteroatoms. The largest absolute Gasteiger partial charge is 0.389 e. The van der Waals surface area contributed by atoms with Gasteiger partial charge in [0.2, 0.25) is 0 Å². The molecule has 0 bridgehead atoms. The van der Waals surface area contributed by atoms with Crippen LogP contribution in [-0.2, 0) is 0 Å². The summed E-state index contributed by atoms with van der Waals surface area (Å²) in [6.45, 7) is 3.90. The minimum absolute atomic E-state index is 0.349. The van der Waals surface area contributed by atoms with Crippen LogP contribution in [0.3, 0.4) is 0 Å². The minimum atomic E-state index is -0.458. The first-order valence-electron chi connectivity index (χ1n) is 4.81. The molecule has 2 rings (SSSR count). The van der Waals surface area contributed by atoms with Gasteiger partial charge in [-0.25, -0.2) is 0 Å². The maximum absolute atomic E-state index is 9.99. The zero-order valence-corrected chi connectivity index (χ0v) is 7.66. The Morgan fingerprint density at radius 2 is 2.17 bits per heavy atom. The van der Waals surface area contributed by atoms with E-state index in [-0.39, 0.29) is 0 Å². The molecule has 2 fully saturated rings. The lowest BCUT2D eigenvalue weighted by atomic mass is 9.95. The summed E-state index contributed by atoms with van der Waals surface area (Å²) in [6, 6.07) is 0.721. The SMILES string of the molecule is CC1(O)CCCC1N1CC(N)C1. The molecule has 70 valence electrons. The number of hydrogen-bond acceptors (Lipinski definition) is 3. The first kappa shape index (κ1) is 8.48. The van der Waals surface area contributed by atoms with Gasteiger partial charge in [-0.1, -0.05) is 0 Å². The van der Waals surface area contributed by atoms with Crippen molar-refractivity contribution in [3.63, 3.8) is 0 Å². The normalized spacial score (nSPS) is 44.8. The van der Waals surface area contributed by atoms with Gasteiger partial charge in [-0.2, -0.15) is 0 Å². The quantitative estimate of drug-likeness (QED) is 0.579. The first-order valence-corrected chi connectivity index (χ1v) is 4.81. The van der Waals surface area contributed by atoms with Crippen LogP contribution in [-0.4, -0.2) is 40.8 Å². The fourth-order valence-corrected chi connectivity index (χ4v) is 2.51. The van der Waals surface area contributed by atoms with Gasteiger partial charge < -0.3 is 10.8 Å². The molecule has 2 atom stereocenters. The van der Waals surface area contributed by atoms with Crippen LogP contribution in [0.15, 0.2) is 0 Å². The zero-order valence-electron chi connectivity index (χ0n) is 7.66. The Balaban J connectivity index is 1.95. The summed E-state index contributed by atoms with van der Waals surface area (Å²) in [5.74, 6) is 0. The van der Waals surface area contributed by atoms with E-state index in [0.717, 1.165) is 32.4 Å². The molecule has 3 nitrogen and oxygen atoms in total. The second kappa shape index (κ2) is 2.69. The van der Waals surface area contributed by atoms with Crippen molar-refractivity contribution in [2.75, 3.05) is 13.1 Å². The van der Waals surface area contributed by atoms with Crippen LogP contribution < -0.4 is 5.73 Å². The van der Waals surface area contributed by atoms with E-state index in [4.69, 9.17) is 5.73 Å². The van der Waals surface area contributed by atoms with Crippen molar-refractivity contribution in [2.45, 2.75) is 43.9 Å². The summed E-state index contributed by atoms with van der Waals surface area (Å²) in [7, 11) is 0. The molecular formula is C9H18N2O.